The van der Waals surface area contributed by atoms with Crippen LogP contribution in [0.5, 0.6) is 5.75 Å². The molecule has 2 fully saturated rings. The molecule has 1 aliphatic carbocycles. The predicted octanol–water partition coefficient (Wildman–Crippen LogP) is 2.57. The number of hydrogen-bond donors (Lipinski definition) is 2. The SMILES string of the molecule is COC(=O)NCCCc1cc([C@@H](C)N(C(=O)[C@H]2CNCCO2)C2CC2)nc2ccc(OC)cc12. The van der Waals surface area contributed by atoms with E-state index in [1.54, 1.807) is 7.11 Å². The number of fused-ring (bicyclic) bond motifs is 1. The number of rotatable bonds is 9. The first-order valence-electron chi connectivity index (χ1n) is 12.0. The van der Waals surface area contributed by atoms with Crippen molar-refractivity contribution in [3.63, 3.8) is 0 Å². The van der Waals surface area contributed by atoms with Gasteiger partial charge >= 0.3 is 6.09 Å². The molecule has 0 radical (unpaired) electrons. The number of benzene rings is 1. The van der Waals surface area contributed by atoms with Gasteiger partial charge in [-0.3, -0.25) is 9.78 Å². The van der Waals surface area contributed by atoms with E-state index in [2.05, 4.69) is 21.4 Å². The van der Waals surface area contributed by atoms with E-state index in [9.17, 15) is 9.59 Å². The highest BCUT2D eigenvalue weighted by molar-refractivity contribution is 5.85. The largest absolute Gasteiger partial charge is 0.497 e. The van der Waals surface area contributed by atoms with Crippen molar-refractivity contribution in [1.29, 1.82) is 0 Å². The van der Waals surface area contributed by atoms with Crippen LogP contribution in [-0.4, -0.2) is 74.5 Å². The lowest BCUT2D eigenvalue weighted by Gasteiger charge is -2.34. The Morgan fingerprint density at radius 2 is 2.12 bits per heavy atom. The van der Waals surface area contributed by atoms with Gasteiger partial charge in [-0.25, -0.2) is 4.79 Å². The number of morpholine rings is 1. The summed E-state index contributed by atoms with van der Waals surface area (Å²) in [6.07, 6.45) is 2.61. The number of aryl methyl sites for hydroxylation is 1. The summed E-state index contributed by atoms with van der Waals surface area (Å²) < 4.78 is 15.8. The lowest BCUT2D eigenvalue weighted by atomic mass is 10.00. The van der Waals surface area contributed by atoms with Crippen LogP contribution in [0.2, 0.25) is 0 Å². The monoisotopic (exact) mass is 470 g/mol. The minimum Gasteiger partial charge on any atom is -0.497 e. The third kappa shape index (κ3) is 5.59. The number of nitrogens with one attached hydrogen (secondary N) is 2. The number of ether oxygens (including phenoxy) is 3. The van der Waals surface area contributed by atoms with Crippen LogP contribution in [-0.2, 0) is 20.7 Å². The molecule has 2 amide bonds. The standard InChI is InChI=1S/C25H34N4O5/c1-16(29(18-6-7-18)24(30)23-15-26-11-12-34-23)22-13-17(5-4-10-27-25(31)33-3)20-14-19(32-2)8-9-21(20)28-22/h8-9,13-14,16,18,23,26H,4-7,10-12,15H2,1-3H3,(H,27,31)/t16-,23-/m1/s1. The molecule has 9 heteroatoms. The average molecular weight is 471 g/mol. The van der Waals surface area contributed by atoms with E-state index in [1.165, 1.54) is 7.11 Å². The van der Waals surface area contributed by atoms with Crippen LogP contribution in [0.3, 0.4) is 0 Å². The zero-order valence-corrected chi connectivity index (χ0v) is 20.1. The van der Waals surface area contributed by atoms with Crippen molar-refractivity contribution >= 4 is 22.9 Å². The fourth-order valence-corrected chi connectivity index (χ4v) is 4.46. The fraction of sp³-hybridized carbons (Fsp3) is 0.560. The van der Waals surface area contributed by atoms with Crippen LogP contribution >= 0.6 is 0 Å². The summed E-state index contributed by atoms with van der Waals surface area (Å²) in [4.78, 5) is 31.7. The number of pyridine rings is 1. The van der Waals surface area contributed by atoms with Crippen LogP contribution < -0.4 is 15.4 Å². The maximum atomic E-state index is 13.4. The summed E-state index contributed by atoms with van der Waals surface area (Å²) in [6, 6.07) is 7.99. The van der Waals surface area contributed by atoms with E-state index in [0.29, 0.717) is 19.7 Å². The molecule has 2 aromatic rings. The molecule has 1 saturated carbocycles. The number of carbonyl (C=O) groups excluding carboxylic acids is 2. The Morgan fingerprint density at radius 1 is 1.29 bits per heavy atom. The van der Waals surface area contributed by atoms with Gasteiger partial charge in [0.05, 0.1) is 38.1 Å². The molecule has 1 saturated heterocycles. The van der Waals surface area contributed by atoms with Gasteiger partial charge in [-0.15, -0.1) is 0 Å². The molecule has 2 heterocycles. The summed E-state index contributed by atoms with van der Waals surface area (Å²) in [6.45, 7) is 4.41. The van der Waals surface area contributed by atoms with Gasteiger partial charge in [0, 0.05) is 31.1 Å². The maximum absolute atomic E-state index is 13.4. The summed E-state index contributed by atoms with van der Waals surface area (Å²) >= 11 is 0. The van der Waals surface area contributed by atoms with Crippen LogP contribution in [0.25, 0.3) is 10.9 Å². The number of carbonyl (C=O) groups is 2. The molecule has 4 rings (SSSR count). The lowest BCUT2D eigenvalue weighted by Crippen LogP contribution is -2.50. The second-order valence-corrected chi connectivity index (χ2v) is 8.83. The highest BCUT2D eigenvalue weighted by Crippen LogP contribution is 2.36. The van der Waals surface area contributed by atoms with Crippen molar-refractivity contribution < 1.29 is 23.8 Å². The molecular formula is C25H34N4O5. The van der Waals surface area contributed by atoms with Crippen molar-refractivity contribution in [2.75, 3.05) is 40.5 Å². The van der Waals surface area contributed by atoms with Gasteiger partial charge in [0.2, 0.25) is 0 Å². The first-order chi connectivity index (χ1) is 16.5. The summed E-state index contributed by atoms with van der Waals surface area (Å²) in [5.74, 6) is 0.795. The molecule has 2 aliphatic rings. The number of alkyl carbamates (subject to hydrolysis) is 1. The number of hydrogen-bond acceptors (Lipinski definition) is 7. The molecular weight excluding hydrogens is 436 g/mol. The van der Waals surface area contributed by atoms with Crippen LogP contribution in [0, 0.1) is 0 Å². The molecule has 1 aromatic carbocycles. The van der Waals surface area contributed by atoms with E-state index in [0.717, 1.165) is 60.1 Å². The van der Waals surface area contributed by atoms with Gasteiger partial charge < -0.3 is 29.7 Å². The predicted molar refractivity (Wildman–Crippen MR) is 128 cm³/mol. The number of nitrogens with zero attached hydrogens (tertiary/aromatic N) is 2. The van der Waals surface area contributed by atoms with Gasteiger partial charge in [-0.05, 0) is 62.4 Å². The molecule has 2 N–H and O–H groups in total. The minimum absolute atomic E-state index is 0.0302. The molecule has 1 aromatic heterocycles. The summed E-state index contributed by atoms with van der Waals surface area (Å²) in [5.41, 5.74) is 2.83. The normalized spacial score (nSPS) is 18.9. The minimum atomic E-state index is -0.453. The molecule has 1 aliphatic heterocycles. The molecule has 0 bridgehead atoms. The number of methoxy groups -OCH3 is 2. The molecule has 2 atom stereocenters. The Morgan fingerprint density at radius 3 is 2.79 bits per heavy atom. The lowest BCUT2D eigenvalue weighted by molar-refractivity contribution is -0.148. The molecule has 184 valence electrons. The highest BCUT2D eigenvalue weighted by Gasteiger charge is 2.40. The van der Waals surface area contributed by atoms with E-state index in [-0.39, 0.29) is 18.0 Å². The van der Waals surface area contributed by atoms with E-state index in [1.807, 2.05) is 30.0 Å². The molecule has 34 heavy (non-hydrogen) atoms. The zero-order valence-electron chi connectivity index (χ0n) is 20.1. The Bertz CT molecular complexity index is 1020. The van der Waals surface area contributed by atoms with Crippen molar-refractivity contribution in [3.8, 4) is 5.75 Å². The van der Waals surface area contributed by atoms with Crippen LogP contribution in [0.1, 0.15) is 43.5 Å². The second kappa shape index (κ2) is 11.0. The first-order valence-corrected chi connectivity index (χ1v) is 12.0. The molecule has 0 unspecified atom stereocenters. The smallest absolute Gasteiger partial charge is 0.406 e. The summed E-state index contributed by atoms with van der Waals surface area (Å²) in [5, 5.41) is 7.00. The van der Waals surface area contributed by atoms with Gasteiger partial charge in [0.1, 0.15) is 11.9 Å². The Hall–Kier alpha value is -2.91. The maximum Gasteiger partial charge on any atom is 0.406 e. The van der Waals surface area contributed by atoms with Crippen molar-refractivity contribution in [2.24, 2.45) is 0 Å². The third-order valence-electron chi connectivity index (χ3n) is 6.44. The summed E-state index contributed by atoms with van der Waals surface area (Å²) in [7, 11) is 3.00. The molecule has 9 nitrogen and oxygen atoms in total. The highest BCUT2D eigenvalue weighted by atomic mass is 16.5. The van der Waals surface area contributed by atoms with Crippen molar-refractivity contribution in [2.45, 2.75) is 50.8 Å². The van der Waals surface area contributed by atoms with Gasteiger partial charge in [0.15, 0.2) is 0 Å². The van der Waals surface area contributed by atoms with Crippen LogP contribution in [0.4, 0.5) is 4.79 Å². The Kier molecular flexibility index (Phi) is 7.84. The number of aromatic nitrogens is 1. The quantitative estimate of drug-likeness (QED) is 0.543. The zero-order chi connectivity index (χ0) is 24.1. The van der Waals surface area contributed by atoms with E-state index >= 15 is 0 Å². The molecule has 0 spiro atoms. The fourth-order valence-electron chi connectivity index (χ4n) is 4.46. The van der Waals surface area contributed by atoms with Gasteiger partial charge in [0.25, 0.3) is 5.91 Å². The van der Waals surface area contributed by atoms with E-state index < -0.39 is 12.2 Å². The third-order valence-corrected chi connectivity index (χ3v) is 6.44. The van der Waals surface area contributed by atoms with E-state index in [4.69, 9.17) is 14.5 Å². The Balaban J connectivity index is 1.61. The van der Waals surface area contributed by atoms with Gasteiger partial charge in [-0.1, -0.05) is 0 Å². The van der Waals surface area contributed by atoms with Crippen molar-refractivity contribution in [3.05, 3.63) is 35.5 Å². The average Bonchev–Trinajstić information content (AvgIpc) is 3.71. The first kappa shape index (κ1) is 24.2. The van der Waals surface area contributed by atoms with Gasteiger partial charge in [-0.2, -0.15) is 0 Å². The van der Waals surface area contributed by atoms with Crippen LogP contribution in [0.15, 0.2) is 24.3 Å². The van der Waals surface area contributed by atoms with Crippen molar-refractivity contribution in [1.82, 2.24) is 20.5 Å². The topological polar surface area (TPSA) is 102 Å². The number of amides is 2. The Labute approximate surface area is 200 Å². The second-order valence-electron chi connectivity index (χ2n) is 8.83.